The van der Waals surface area contributed by atoms with Gasteiger partial charge < -0.3 is 9.32 Å². The summed E-state index contributed by atoms with van der Waals surface area (Å²) in [7, 11) is 2.21. The van der Waals surface area contributed by atoms with Crippen molar-refractivity contribution in [1.82, 2.24) is 15.1 Å². The fourth-order valence-corrected chi connectivity index (χ4v) is 4.28. The molecule has 20 heavy (non-hydrogen) atoms. The van der Waals surface area contributed by atoms with Crippen LogP contribution in [0.1, 0.15) is 56.8 Å². The Labute approximate surface area is 125 Å². The van der Waals surface area contributed by atoms with Gasteiger partial charge in [0.15, 0.2) is 0 Å². The highest BCUT2D eigenvalue weighted by atomic mass is 32.2. The third kappa shape index (κ3) is 3.76. The monoisotopic (exact) mass is 295 g/mol. The van der Waals surface area contributed by atoms with Crippen LogP contribution in [0.15, 0.2) is 9.64 Å². The molecule has 0 amide bonds. The van der Waals surface area contributed by atoms with E-state index in [1.165, 1.54) is 58.0 Å². The molecule has 1 atom stereocenters. The van der Waals surface area contributed by atoms with Gasteiger partial charge in [-0.15, -0.1) is 10.2 Å². The third-order valence-corrected chi connectivity index (χ3v) is 5.59. The van der Waals surface area contributed by atoms with Gasteiger partial charge in [0.1, 0.15) is 0 Å². The standard InChI is InChI=1S/C15H25N3OS/c1-18-9-5-6-12(10-18)11-20-15-17-16-14(19-15)13-7-3-2-4-8-13/h12-13H,2-11H2,1H3/t12-/m1/s1. The summed E-state index contributed by atoms with van der Waals surface area (Å²) in [4.78, 5) is 2.43. The minimum Gasteiger partial charge on any atom is -0.416 e. The largest absolute Gasteiger partial charge is 0.416 e. The molecule has 0 unspecified atom stereocenters. The second-order valence-electron chi connectivity index (χ2n) is 6.32. The maximum absolute atomic E-state index is 5.87. The van der Waals surface area contributed by atoms with Crippen molar-refractivity contribution in [1.29, 1.82) is 0 Å². The lowest BCUT2D eigenvalue weighted by atomic mass is 9.89. The molecule has 1 aliphatic heterocycles. The molecular formula is C15H25N3OS. The highest BCUT2D eigenvalue weighted by Crippen LogP contribution is 2.33. The van der Waals surface area contributed by atoms with Crippen LogP contribution in [0.3, 0.4) is 0 Å². The minimum atomic E-state index is 0.520. The summed E-state index contributed by atoms with van der Waals surface area (Å²) in [5.41, 5.74) is 0. The van der Waals surface area contributed by atoms with Crippen molar-refractivity contribution in [3.05, 3.63) is 5.89 Å². The Hall–Kier alpha value is -0.550. The fraction of sp³-hybridized carbons (Fsp3) is 0.867. The number of likely N-dealkylation sites (tertiary alicyclic amines) is 1. The Morgan fingerprint density at radius 1 is 1.15 bits per heavy atom. The molecule has 5 heteroatoms. The van der Waals surface area contributed by atoms with Crippen LogP contribution in [-0.2, 0) is 0 Å². The first-order valence-electron chi connectivity index (χ1n) is 7.96. The van der Waals surface area contributed by atoms with Crippen molar-refractivity contribution in [2.24, 2.45) is 5.92 Å². The Bertz CT molecular complexity index is 417. The van der Waals surface area contributed by atoms with Crippen LogP contribution in [0, 0.1) is 5.92 Å². The normalized spacial score (nSPS) is 25.9. The molecule has 1 aromatic rings. The molecule has 112 valence electrons. The van der Waals surface area contributed by atoms with Gasteiger partial charge in [0.05, 0.1) is 0 Å². The molecule has 1 saturated carbocycles. The number of thioether (sulfide) groups is 1. The summed E-state index contributed by atoms with van der Waals surface area (Å²) in [6, 6.07) is 0. The Morgan fingerprint density at radius 3 is 2.80 bits per heavy atom. The maximum atomic E-state index is 5.87. The molecule has 0 N–H and O–H groups in total. The van der Waals surface area contributed by atoms with Crippen LogP contribution >= 0.6 is 11.8 Å². The van der Waals surface area contributed by atoms with Gasteiger partial charge in [-0.2, -0.15) is 0 Å². The van der Waals surface area contributed by atoms with Crippen molar-refractivity contribution >= 4 is 11.8 Å². The summed E-state index contributed by atoms with van der Waals surface area (Å²) < 4.78 is 5.87. The lowest BCUT2D eigenvalue weighted by Gasteiger charge is -2.28. The van der Waals surface area contributed by atoms with E-state index in [9.17, 15) is 0 Å². The molecule has 1 aromatic heterocycles. The molecule has 0 spiro atoms. The first-order valence-corrected chi connectivity index (χ1v) is 8.94. The number of piperidine rings is 1. The van der Waals surface area contributed by atoms with Crippen molar-refractivity contribution in [2.75, 3.05) is 25.9 Å². The molecule has 0 aromatic carbocycles. The predicted octanol–water partition coefficient (Wildman–Crippen LogP) is 3.55. The highest BCUT2D eigenvalue weighted by molar-refractivity contribution is 7.99. The molecule has 0 bridgehead atoms. The van der Waals surface area contributed by atoms with Crippen molar-refractivity contribution in [3.8, 4) is 0 Å². The SMILES string of the molecule is CN1CCC[C@@H](CSc2nnc(C3CCCCC3)o2)C1. The first-order chi connectivity index (χ1) is 9.81. The van der Waals surface area contributed by atoms with Crippen molar-refractivity contribution in [2.45, 2.75) is 56.1 Å². The molecule has 1 aliphatic carbocycles. The Balaban J connectivity index is 1.49. The van der Waals surface area contributed by atoms with Crippen LogP contribution in [0.25, 0.3) is 0 Å². The van der Waals surface area contributed by atoms with Gasteiger partial charge in [-0.3, -0.25) is 0 Å². The Morgan fingerprint density at radius 2 is 2.00 bits per heavy atom. The number of hydrogen-bond acceptors (Lipinski definition) is 5. The van der Waals surface area contributed by atoms with Gasteiger partial charge in [0.2, 0.25) is 5.89 Å². The molecule has 0 radical (unpaired) electrons. The zero-order valence-electron chi connectivity index (χ0n) is 12.4. The Kier molecular flexibility index (Phi) is 4.99. The van der Waals surface area contributed by atoms with E-state index in [4.69, 9.17) is 4.42 Å². The van der Waals surface area contributed by atoms with E-state index in [2.05, 4.69) is 22.1 Å². The topological polar surface area (TPSA) is 42.2 Å². The van der Waals surface area contributed by atoms with E-state index in [0.29, 0.717) is 5.92 Å². The van der Waals surface area contributed by atoms with E-state index in [-0.39, 0.29) is 0 Å². The molecule has 3 rings (SSSR count). The summed E-state index contributed by atoms with van der Waals surface area (Å²) in [5, 5.41) is 9.27. The lowest BCUT2D eigenvalue weighted by molar-refractivity contribution is 0.224. The summed E-state index contributed by atoms with van der Waals surface area (Å²) in [6.07, 6.45) is 9.08. The number of aromatic nitrogens is 2. The molecule has 2 aliphatic rings. The van der Waals surface area contributed by atoms with E-state index in [1.807, 2.05) is 0 Å². The third-order valence-electron chi connectivity index (χ3n) is 4.54. The van der Waals surface area contributed by atoms with E-state index < -0.39 is 0 Å². The second-order valence-corrected chi connectivity index (χ2v) is 7.29. The molecule has 2 fully saturated rings. The van der Waals surface area contributed by atoms with E-state index in [1.54, 1.807) is 11.8 Å². The van der Waals surface area contributed by atoms with Crippen LogP contribution in [0.4, 0.5) is 0 Å². The quantitative estimate of drug-likeness (QED) is 0.795. The molecule has 4 nitrogen and oxygen atoms in total. The highest BCUT2D eigenvalue weighted by Gasteiger charge is 2.22. The van der Waals surface area contributed by atoms with E-state index >= 15 is 0 Å². The van der Waals surface area contributed by atoms with Gasteiger partial charge in [0.25, 0.3) is 5.22 Å². The summed E-state index contributed by atoms with van der Waals surface area (Å²) >= 11 is 1.75. The van der Waals surface area contributed by atoms with Crippen LogP contribution < -0.4 is 0 Å². The van der Waals surface area contributed by atoms with Crippen molar-refractivity contribution < 1.29 is 4.42 Å². The zero-order valence-corrected chi connectivity index (χ0v) is 13.2. The summed E-state index contributed by atoms with van der Waals surface area (Å²) in [6.45, 7) is 2.45. The van der Waals surface area contributed by atoms with Gasteiger partial charge in [-0.1, -0.05) is 31.0 Å². The van der Waals surface area contributed by atoms with Gasteiger partial charge in [-0.25, -0.2) is 0 Å². The first kappa shape index (κ1) is 14.4. The second kappa shape index (κ2) is 6.94. The summed E-state index contributed by atoms with van der Waals surface area (Å²) in [5.74, 6) is 3.28. The van der Waals surface area contributed by atoms with Crippen molar-refractivity contribution in [3.63, 3.8) is 0 Å². The van der Waals surface area contributed by atoms with E-state index in [0.717, 1.165) is 22.8 Å². The molecule has 1 saturated heterocycles. The number of rotatable bonds is 4. The number of hydrogen-bond donors (Lipinski definition) is 0. The smallest absolute Gasteiger partial charge is 0.276 e. The fourth-order valence-electron chi connectivity index (χ4n) is 3.39. The number of nitrogens with zero attached hydrogens (tertiary/aromatic N) is 3. The van der Waals surface area contributed by atoms with Gasteiger partial charge in [-0.05, 0) is 45.2 Å². The average Bonchev–Trinajstić information content (AvgIpc) is 2.95. The van der Waals surface area contributed by atoms with Gasteiger partial charge in [0, 0.05) is 18.2 Å². The maximum Gasteiger partial charge on any atom is 0.276 e. The zero-order chi connectivity index (χ0) is 13.8. The van der Waals surface area contributed by atoms with Gasteiger partial charge >= 0.3 is 0 Å². The lowest BCUT2D eigenvalue weighted by Crippen LogP contribution is -2.33. The molecular weight excluding hydrogens is 270 g/mol. The molecule has 2 heterocycles. The average molecular weight is 295 g/mol. The van der Waals surface area contributed by atoms with Crippen LogP contribution in [0.2, 0.25) is 0 Å². The van der Waals surface area contributed by atoms with Crippen LogP contribution in [-0.4, -0.2) is 41.0 Å². The predicted molar refractivity (Wildman–Crippen MR) is 81.1 cm³/mol. The minimum absolute atomic E-state index is 0.520. The van der Waals surface area contributed by atoms with Crippen LogP contribution in [0.5, 0.6) is 0 Å².